The molecule has 1 saturated carbocycles. The summed E-state index contributed by atoms with van der Waals surface area (Å²) in [5, 5.41) is 0. The highest BCUT2D eigenvalue weighted by Gasteiger charge is 2.47. The van der Waals surface area contributed by atoms with Gasteiger partial charge in [0.05, 0.1) is 6.61 Å². The van der Waals surface area contributed by atoms with Crippen LogP contribution < -0.4 is 4.90 Å². The Morgan fingerprint density at radius 1 is 1.12 bits per heavy atom. The number of halogens is 1. The van der Waals surface area contributed by atoms with E-state index in [1.165, 1.54) is 18.9 Å². The Morgan fingerprint density at radius 2 is 1.88 bits per heavy atom. The second-order valence-electron chi connectivity index (χ2n) is 10.6. The molecule has 1 aliphatic carbocycles. The molecule has 3 fully saturated rings. The first kappa shape index (κ1) is 22.4. The molecule has 1 spiro atoms. The fourth-order valence-corrected chi connectivity index (χ4v) is 5.72. The molecule has 0 N–H and O–H groups in total. The van der Waals surface area contributed by atoms with E-state index >= 15 is 0 Å². The van der Waals surface area contributed by atoms with Crippen LogP contribution in [0.5, 0.6) is 0 Å². The lowest BCUT2D eigenvalue weighted by molar-refractivity contribution is 0.102. The lowest BCUT2D eigenvalue weighted by Crippen LogP contribution is -2.48. The molecule has 7 nitrogen and oxygen atoms in total. The van der Waals surface area contributed by atoms with E-state index in [4.69, 9.17) is 4.74 Å². The average molecular weight is 459 g/mol. The van der Waals surface area contributed by atoms with Gasteiger partial charge in [0.25, 0.3) is 0 Å². The Labute approximate surface area is 195 Å². The molecular weight excluding hydrogens is 423 g/mol. The van der Waals surface area contributed by atoms with Gasteiger partial charge < -0.3 is 19.4 Å². The summed E-state index contributed by atoms with van der Waals surface area (Å²) in [4.78, 5) is 32.8. The first-order valence-corrected chi connectivity index (χ1v) is 12.3. The summed E-state index contributed by atoms with van der Waals surface area (Å²) < 4.78 is 19.6. The van der Waals surface area contributed by atoms with E-state index in [9.17, 15) is 14.0 Å². The standard InChI is InChI=1S/C25H35FN4O3/c1-27(2)23(31)30-17-25(21-13-20(26)5-6-22(21)30)8-11-28(12-9-25)14-19-7-10-29(15-19)24(32)33-16-18-3-4-18/h5-6,13,18-19H,3-4,7-12,14-17H2,1-2H3/t19-/m0/s1. The molecule has 0 radical (unpaired) electrons. The number of likely N-dealkylation sites (tertiary alicyclic amines) is 2. The van der Waals surface area contributed by atoms with Crippen LogP contribution in [0.25, 0.3) is 0 Å². The van der Waals surface area contributed by atoms with Gasteiger partial charge in [0.2, 0.25) is 0 Å². The SMILES string of the molecule is CN(C)C(=O)N1CC2(CCN(C[C@@H]3CCN(C(=O)OCC4CC4)C3)CC2)c2cc(F)ccc21. The van der Waals surface area contributed by atoms with Gasteiger partial charge >= 0.3 is 12.1 Å². The van der Waals surface area contributed by atoms with E-state index < -0.39 is 0 Å². The zero-order valence-corrected chi connectivity index (χ0v) is 19.8. The van der Waals surface area contributed by atoms with Gasteiger partial charge in [-0.15, -0.1) is 0 Å². The van der Waals surface area contributed by atoms with Crippen molar-refractivity contribution < 1.29 is 18.7 Å². The Hall–Kier alpha value is -2.35. The van der Waals surface area contributed by atoms with Crippen molar-refractivity contribution in [2.24, 2.45) is 11.8 Å². The number of benzene rings is 1. The molecule has 4 aliphatic rings. The summed E-state index contributed by atoms with van der Waals surface area (Å²) in [5.41, 5.74) is 1.64. The van der Waals surface area contributed by atoms with Crippen LogP contribution in [0.15, 0.2) is 18.2 Å². The molecule has 3 amide bonds. The number of hydrogen-bond acceptors (Lipinski definition) is 4. The van der Waals surface area contributed by atoms with Gasteiger partial charge in [-0.25, -0.2) is 14.0 Å². The number of hydrogen-bond donors (Lipinski definition) is 0. The Bertz CT molecular complexity index is 911. The molecule has 180 valence electrons. The highest BCUT2D eigenvalue weighted by Crippen LogP contribution is 2.47. The number of urea groups is 1. The number of ether oxygens (including phenoxy) is 1. The van der Waals surface area contributed by atoms with E-state index in [-0.39, 0.29) is 23.4 Å². The molecule has 5 rings (SSSR count). The monoisotopic (exact) mass is 458 g/mol. The average Bonchev–Trinajstić information content (AvgIpc) is 3.44. The molecule has 0 bridgehead atoms. The number of anilines is 1. The molecule has 0 unspecified atom stereocenters. The smallest absolute Gasteiger partial charge is 0.409 e. The number of carbonyl (C=O) groups excluding carboxylic acids is 2. The van der Waals surface area contributed by atoms with E-state index in [2.05, 4.69) is 4.90 Å². The fraction of sp³-hybridized carbons (Fsp3) is 0.680. The van der Waals surface area contributed by atoms with Crippen molar-refractivity contribution in [3.05, 3.63) is 29.6 Å². The van der Waals surface area contributed by atoms with Crippen LogP contribution in [0.4, 0.5) is 19.7 Å². The van der Waals surface area contributed by atoms with Gasteiger partial charge in [-0.2, -0.15) is 0 Å². The normalized spacial score (nSPS) is 24.3. The molecule has 3 aliphatic heterocycles. The molecule has 33 heavy (non-hydrogen) atoms. The van der Waals surface area contributed by atoms with Gasteiger partial charge in [-0.05, 0) is 80.8 Å². The molecule has 3 heterocycles. The Balaban J connectivity index is 1.18. The van der Waals surface area contributed by atoms with Crippen LogP contribution in [-0.4, -0.2) is 86.8 Å². The second kappa shape index (κ2) is 8.78. The van der Waals surface area contributed by atoms with Crippen LogP contribution in [-0.2, 0) is 10.2 Å². The van der Waals surface area contributed by atoms with E-state index in [0.29, 0.717) is 25.0 Å². The lowest BCUT2D eigenvalue weighted by atomic mass is 9.74. The van der Waals surface area contributed by atoms with Crippen LogP contribution in [0.3, 0.4) is 0 Å². The third kappa shape index (κ3) is 4.54. The zero-order valence-electron chi connectivity index (χ0n) is 19.8. The summed E-state index contributed by atoms with van der Waals surface area (Å²) in [6, 6.07) is 4.78. The lowest BCUT2D eigenvalue weighted by Gasteiger charge is -2.40. The highest BCUT2D eigenvalue weighted by atomic mass is 19.1. The molecule has 1 atom stereocenters. The quantitative estimate of drug-likeness (QED) is 0.693. The maximum Gasteiger partial charge on any atom is 0.409 e. The molecular formula is C25H35FN4O3. The fourth-order valence-electron chi connectivity index (χ4n) is 5.72. The summed E-state index contributed by atoms with van der Waals surface area (Å²) in [7, 11) is 3.51. The minimum absolute atomic E-state index is 0.0539. The van der Waals surface area contributed by atoms with Crippen molar-refractivity contribution >= 4 is 17.8 Å². The Morgan fingerprint density at radius 3 is 2.58 bits per heavy atom. The third-order valence-corrected chi connectivity index (χ3v) is 7.91. The predicted molar refractivity (Wildman–Crippen MR) is 124 cm³/mol. The molecule has 1 aromatic rings. The van der Waals surface area contributed by atoms with Crippen molar-refractivity contribution in [3.63, 3.8) is 0 Å². The van der Waals surface area contributed by atoms with Crippen molar-refractivity contribution in [3.8, 4) is 0 Å². The van der Waals surface area contributed by atoms with Crippen LogP contribution >= 0.6 is 0 Å². The minimum atomic E-state index is -0.241. The van der Waals surface area contributed by atoms with E-state index in [0.717, 1.165) is 63.2 Å². The van der Waals surface area contributed by atoms with Gasteiger partial charge in [-0.1, -0.05) is 0 Å². The summed E-state index contributed by atoms with van der Waals surface area (Å²) >= 11 is 0. The topological polar surface area (TPSA) is 56.3 Å². The van der Waals surface area contributed by atoms with Gasteiger partial charge in [-0.3, -0.25) is 4.90 Å². The molecule has 8 heteroatoms. The minimum Gasteiger partial charge on any atom is -0.449 e. The second-order valence-corrected chi connectivity index (χ2v) is 10.6. The number of fused-ring (bicyclic) bond motifs is 2. The molecule has 2 saturated heterocycles. The predicted octanol–water partition coefficient (Wildman–Crippen LogP) is 3.53. The Kier molecular flexibility index (Phi) is 5.97. The van der Waals surface area contributed by atoms with Crippen LogP contribution in [0.1, 0.15) is 37.7 Å². The first-order valence-electron chi connectivity index (χ1n) is 12.3. The maximum atomic E-state index is 14.2. The van der Waals surface area contributed by atoms with Gasteiger partial charge in [0.1, 0.15) is 5.82 Å². The van der Waals surface area contributed by atoms with Crippen LogP contribution in [0, 0.1) is 17.7 Å². The van der Waals surface area contributed by atoms with Crippen molar-refractivity contribution in [2.45, 2.75) is 37.5 Å². The number of amides is 3. The number of piperidine rings is 1. The van der Waals surface area contributed by atoms with Crippen molar-refractivity contribution in [1.82, 2.24) is 14.7 Å². The van der Waals surface area contributed by atoms with Gasteiger partial charge in [0.15, 0.2) is 0 Å². The third-order valence-electron chi connectivity index (χ3n) is 7.91. The number of carbonyl (C=O) groups is 2. The van der Waals surface area contributed by atoms with Gasteiger partial charge in [0, 0.05) is 51.4 Å². The highest BCUT2D eigenvalue weighted by molar-refractivity contribution is 5.95. The van der Waals surface area contributed by atoms with Crippen molar-refractivity contribution in [1.29, 1.82) is 0 Å². The van der Waals surface area contributed by atoms with Crippen LogP contribution in [0.2, 0.25) is 0 Å². The first-order chi connectivity index (χ1) is 15.8. The maximum absolute atomic E-state index is 14.2. The van der Waals surface area contributed by atoms with Crippen molar-refractivity contribution in [2.75, 3.05) is 64.9 Å². The zero-order chi connectivity index (χ0) is 23.2. The summed E-state index contributed by atoms with van der Waals surface area (Å²) in [6.07, 6.45) is 5.03. The van der Waals surface area contributed by atoms with E-state index in [1.54, 1.807) is 31.1 Å². The summed E-state index contributed by atoms with van der Waals surface area (Å²) in [6.45, 7) is 5.54. The largest absolute Gasteiger partial charge is 0.449 e. The summed E-state index contributed by atoms with van der Waals surface area (Å²) in [5.74, 6) is 0.813. The van der Waals surface area contributed by atoms with E-state index in [1.807, 2.05) is 9.80 Å². The number of rotatable bonds is 4. The molecule has 1 aromatic carbocycles. The number of nitrogens with zero attached hydrogens (tertiary/aromatic N) is 4. The molecule has 0 aromatic heterocycles.